The van der Waals surface area contributed by atoms with Crippen molar-refractivity contribution >= 4 is 6.09 Å². The Morgan fingerprint density at radius 1 is 1.33 bits per heavy atom. The molecule has 0 aliphatic carbocycles. The van der Waals surface area contributed by atoms with Gasteiger partial charge < -0.3 is 14.4 Å². The lowest BCUT2D eigenvalue weighted by Crippen LogP contribution is -2.44. The van der Waals surface area contributed by atoms with E-state index in [0.717, 1.165) is 0 Å². The molecule has 0 aromatic carbocycles. The van der Waals surface area contributed by atoms with E-state index in [1.54, 1.807) is 11.0 Å². The van der Waals surface area contributed by atoms with Gasteiger partial charge in [-0.25, -0.2) is 9.89 Å². The van der Waals surface area contributed by atoms with Gasteiger partial charge in [-0.1, -0.05) is 0 Å². The van der Waals surface area contributed by atoms with E-state index in [2.05, 4.69) is 10.2 Å². The highest BCUT2D eigenvalue weighted by atomic mass is 16.6. The lowest BCUT2D eigenvalue weighted by molar-refractivity contribution is 0.0122. The van der Waals surface area contributed by atoms with Crippen LogP contribution in [0.25, 0.3) is 0 Å². The molecule has 21 heavy (non-hydrogen) atoms. The van der Waals surface area contributed by atoms with Crippen molar-refractivity contribution in [1.29, 1.82) is 0 Å². The second kappa shape index (κ2) is 6.15. The number of piperidine rings is 1. The van der Waals surface area contributed by atoms with Gasteiger partial charge in [-0.05, 0) is 20.8 Å². The van der Waals surface area contributed by atoms with E-state index >= 15 is 0 Å². The fourth-order valence-corrected chi connectivity index (χ4v) is 2.05. The molecule has 116 valence electrons. The molecule has 1 amide bonds. The number of ether oxygens (including phenoxy) is 2. The Morgan fingerprint density at radius 2 is 2.00 bits per heavy atom. The molecule has 0 unspecified atom stereocenters. The Morgan fingerprint density at radius 3 is 2.52 bits per heavy atom. The zero-order chi connectivity index (χ0) is 15.5. The summed E-state index contributed by atoms with van der Waals surface area (Å²) in [5.74, 6) is 0.394. The number of aromatic amines is 1. The summed E-state index contributed by atoms with van der Waals surface area (Å²) in [6.07, 6.45) is 1.12. The van der Waals surface area contributed by atoms with Crippen molar-refractivity contribution in [2.45, 2.75) is 45.3 Å². The molecule has 1 fully saturated rings. The smallest absolute Gasteiger partial charge is 0.410 e. The molecule has 1 aliphatic rings. The summed E-state index contributed by atoms with van der Waals surface area (Å²) in [4.78, 5) is 24.5. The van der Waals surface area contributed by atoms with Crippen molar-refractivity contribution in [1.82, 2.24) is 15.1 Å². The molecular weight excluding hydrogens is 274 g/mol. The molecule has 1 saturated heterocycles. The minimum atomic E-state index is -0.482. The predicted octanol–water partition coefficient (Wildman–Crippen LogP) is 1.55. The maximum atomic E-state index is 11.9. The molecule has 0 atom stereocenters. The minimum Gasteiger partial charge on any atom is -0.473 e. The highest BCUT2D eigenvalue weighted by Gasteiger charge is 2.27. The molecule has 1 N–H and O–H groups in total. The fraction of sp³-hybridized carbons (Fsp3) is 0.643. The first kappa shape index (κ1) is 15.3. The van der Waals surface area contributed by atoms with Gasteiger partial charge in [0.2, 0.25) is 5.88 Å². The predicted molar refractivity (Wildman–Crippen MR) is 76.3 cm³/mol. The number of hydrogen-bond acceptors (Lipinski definition) is 5. The van der Waals surface area contributed by atoms with Crippen molar-refractivity contribution in [3.8, 4) is 5.88 Å². The van der Waals surface area contributed by atoms with Gasteiger partial charge >= 0.3 is 6.09 Å². The number of carbonyl (C=O) groups excluding carboxylic acids is 1. The standard InChI is InChI=1S/C14H21N3O4/c1-14(2,3)21-13(19)17-8-6-10(7-9-17)20-12-5-4-11(18)15-16-12/h4-5,10H,6-9H2,1-3H3,(H,15,18). The minimum absolute atomic E-state index is 0.0120. The van der Waals surface area contributed by atoms with E-state index in [1.165, 1.54) is 6.07 Å². The van der Waals surface area contributed by atoms with Gasteiger partial charge in [0.25, 0.3) is 5.56 Å². The summed E-state index contributed by atoms with van der Waals surface area (Å²) in [6, 6.07) is 2.91. The average molecular weight is 295 g/mol. The molecular formula is C14H21N3O4. The maximum absolute atomic E-state index is 11.9. The number of carbonyl (C=O) groups is 1. The molecule has 2 heterocycles. The first-order valence-electron chi connectivity index (χ1n) is 7.04. The number of hydrogen-bond donors (Lipinski definition) is 1. The molecule has 0 radical (unpaired) electrons. The van der Waals surface area contributed by atoms with E-state index < -0.39 is 5.60 Å². The zero-order valence-corrected chi connectivity index (χ0v) is 12.6. The van der Waals surface area contributed by atoms with Gasteiger partial charge in [0.05, 0.1) is 0 Å². The van der Waals surface area contributed by atoms with E-state index in [4.69, 9.17) is 9.47 Å². The van der Waals surface area contributed by atoms with Crippen LogP contribution >= 0.6 is 0 Å². The van der Waals surface area contributed by atoms with Crippen molar-refractivity contribution in [2.75, 3.05) is 13.1 Å². The highest BCUT2D eigenvalue weighted by molar-refractivity contribution is 5.68. The molecule has 7 heteroatoms. The third kappa shape index (κ3) is 4.77. The van der Waals surface area contributed by atoms with Crippen LogP contribution in [-0.4, -0.2) is 46.0 Å². The van der Waals surface area contributed by atoms with Crippen LogP contribution in [0.4, 0.5) is 4.79 Å². The number of H-pyrrole nitrogens is 1. The van der Waals surface area contributed by atoms with Gasteiger partial charge in [0.1, 0.15) is 11.7 Å². The number of likely N-dealkylation sites (tertiary alicyclic amines) is 1. The number of amides is 1. The summed E-state index contributed by atoms with van der Waals surface area (Å²) in [7, 11) is 0. The van der Waals surface area contributed by atoms with Crippen LogP contribution in [0.2, 0.25) is 0 Å². The molecule has 0 spiro atoms. The Bertz CT molecular complexity index is 521. The van der Waals surface area contributed by atoms with E-state index in [-0.39, 0.29) is 17.8 Å². The van der Waals surface area contributed by atoms with E-state index in [9.17, 15) is 9.59 Å². The number of rotatable bonds is 2. The third-order valence-electron chi connectivity index (χ3n) is 3.03. The Labute approximate surface area is 123 Å². The number of nitrogens with one attached hydrogen (secondary N) is 1. The summed E-state index contributed by atoms with van der Waals surface area (Å²) >= 11 is 0. The molecule has 2 rings (SSSR count). The van der Waals surface area contributed by atoms with Gasteiger partial charge in [-0.2, -0.15) is 0 Å². The molecule has 0 bridgehead atoms. The first-order chi connectivity index (χ1) is 9.83. The van der Waals surface area contributed by atoms with Crippen molar-refractivity contribution in [2.24, 2.45) is 0 Å². The van der Waals surface area contributed by atoms with Crippen molar-refractivity contribution < 1.29 is 14.3 Å². The van der Waals surface area contributed by atoms with Gasteiger partial charge in [0, 0.05) is 38.1 Å². The van der Waals surface area contributed by atoms with Crippen LogP contribution in [0.3, 0.4) is 0 Å². The summed E-state index contributed by atoms with van der Waals surface area (Å²) in [5, 5.41) is 6.14. The third-order valence-corrected chi connectivity index (χ3v) is 3.03. The largest absolute Gasteiger partial charge is 0.473 e. The van der Waals surface area contributed by atoms with Crippen LogP contribution in [-0.2, 0) is 4.74 Å². The molecule has 1 aromatic rings. The molecule has 7 nitrogen and oxygen atoms in total. The van der Waals surface area contributed by atoms with Crippen LogP contribution in [0.5, 0.6) is 5.88 Å². The Balaban J connectivity index is 1.81. The van der Waals surface area contributed by atoms with Gasteiger partial charge in [-0.15, -0.1) is 5.10 Å². The molecule has 0 saturated carbocycles. The fourth-order valence-electron chi connectivity index (χ4n) is 2.05. The van der Waals surface area contributed by atoms with E-state index in [1.807, 2.05) is 20.8 Å². The summed E-state index contributed by atoms with van der Waals surface area (Å²) < 4.78 is 11.0. The Kier molecular flexibility index (Phi) is 4.50. The van der Waals surface area contributed by atoms with Crippen LogP contribution < -0.4 is 10.3 Å². The lowest BCUT2D eigenvalue weighted by Gasteiger charge is -2.33. The summed E-state index contributed by atoms with van der Waals surface area (Å²) in [6.45, 7) is 6.72. The Hall–Kier alpha value is -2.05. The van der Waals surface area contributed by atoms with Gasteiger partial charge in [-0.3, -0.25) is 4.79 Å². The SMILES string of the molecule is CC(C)(C)OC(=O)N1CCC(Oc2ccc(=O)[nH]n2)CC1. The second-order valence-electron chi connectivity index (χ2n) is 6.04. The monoisotopic (exact) mass is 295 g/mol. The van der Waals surface area contributed by atoms with Crippen LogP contribution in [0, 0.1) is 0 Å². The van der Waals surface area contributed by atoms with Crippen LogP contribution in [0.1, 0.15) is 33.6 Å². The highest BCUT2D eigenvalue weighted by Crippen LogP contribution is 2.18. The topological polar surface area (TPSA) is 84.5 Å². The number of aromatic nitrogens is 2. The molecule has 1 aromatic heterocycles. The van der Waals surface area contributed by atoms with Crippen molar-refractivity contribution in [3.05, 3.63) is 22.5 Å². The van der Waals surface area contributed by atoms with Crippen LogP contribution in [0.15, 0.2) is 16.9 Å². The zero-order valence-electron chi connectivity index (χ0n) is 12.6. The number of nitrogens with zero attached hydrogens (tertiary/aromatic N) is 2. The maximum Gasteiger partial charge on any atom is 0.410 e. The summed E-state index contributed by atoms with van der Waals surface area (Å²) in [5.41, 5.74) is -0.744. The van der Waals surface area contributed by atoms with Gasteiger partial charge in [0.15, 0.2) is 0 Å². The van der Waals surface area contributed by atoms with Crippen molar-refractivity contribution in [3.63, 3.8) is 0 Å². The quantitative estimate of drug-likeness (QED) is 0.894. The van der Waals surface area contributed by atoms with E-state index in [0.29, 0.717) is 31.8 Å². The normalized spacial score (nSPS) is 16.6. The first-order valence-corrected chi connectivity index (χ1v) is 7.04. The average Bonchev–Trinajstić information content (AvgIpc) is 2.40. The molecule has 1 aliphatic heterocycles. The lowest BCUT2D eigenvalue weighted by atomic mass is 10.1. The second-order valence-corrected chi connectivity index (χ2v) is 6.04.